The van der Waals surface area contributed by atoms with Gasteiger partial charge < -0.3 is 9.64 Å². The van der Waals surface area contributed by atoms with Crippen molar-refractivity contribution in [3.8, 4) is 5.75 Å². The maximum absolute atomic E-state index is 12.5. The van der Waals surface area contributed by atoms with E-state index >= 15 is 0 Å². The quantitative estimate of drug-likeness (QED) is 0.595. The van der Waals surface area contributed by atoms with Gasteiger partial charge in [0.1, 0.15) is 5.75 Å². The molecular weight excluding hydrogens is 434 g/mol. The lowest BCUT2D eigenvalue weighted by molar-refractivity contribution is -0.0498. The van der Waals surface area contributed by atoms with E-state index in [-0.39, 0.29) is 23.1 Å². The first-order valence-corrected chi connectivity index (χ1v) is 11.3. The highest BCUT2D eigenvalue weighted by atomic mass is 35.5. The average Bonchev–Trinajstić information content (AvgIpc) is 2.69. The number of nitrogens with one attached hydrogen (secondary N) is 1. The summed E-state index contributed by atoms with van der Waals surface area (Å²) in [5, 5.41) is 0. The van der Waals surface area contributed by atoms with Gasteiger partial charge in [0.15, 0.2) is 0 Å². The Morgan fingerprint density at radius 1 is 1.13 bits per heavy atom. The van der Waals surface area contributed by atoms with Gasteiger partial charge in [-0.2, -0.15) is 8.78 Å². The highest BCUT2D eigenvalue weighted by Gasteiger charge is 2.21. The second kappa shape index (κ2) is 10.9. The monoisotopic (exact) mass is 460 g/mol. The van der Waals surface area contributed by atoms with Crippen molar-refractivity contribution in [2.45, 2.75) is 43.6 Å². The van der Waals surface area contributed by atoms with Crippen LogP contribution in [0.3, 0.4) is 0 Å². The van der Waals surface area contributed by atoms with Crippen LogP contribution < -0.4 is 9.46 Å². The highest BCUT2D eigenvalue weighted by molar-refractivity contribution is 7.92. The Hall–Kier alpha value is -1.90. The summed E-state index contributed by atoms with van der Waals surface area (Å²) in [4.78, 5) is 2.46. The van der Waals surface area contributed by atoms with Crippen molar-refractivity contribution in [1.29, 1.82) is 0 Å². The van der Waals surface area contributed by atoms with Crippen LogP contribution in [0, 0.1) is 0 Å². The third-order valence-electron chi connectivity index (χ3n) is 5.04. The molecule has 1 unspecified atom stereocenters. The lowest BCUT2D eigenvalue weighted by atomic mass is 9.90. The van der Waals surface area contributed by atoms with E-state index in [0.29, 0.717) is 11.6 Å². The minimum absolute atomic E-state index is 0. The van der Waals surface area contributed by atoms with Gasteiger partial charge in [0, 0.05) is 12.2 Å². The number of likely N-dealkylation sites (tertiary alicyclic amines) is 1. The minimum atomic E-state index is -3.81. The number of anilines is 1. The fourth-order valence-electron chi connectivity index (χ4n) is 3.68. The molecular formula is C21H27ClF2N2O3S. The molecule has 5 nitrogen and oxygen atoms in total. The number of ether oxygens (including phenoxy) is 1. The number of alkyl halides is 2. The molecule has 0 aromatic heterocycles. The summed E-state index contributed by atoms with van der Waals surface area (Å²) in [5.74, 6) is 0.372. The Labute approximate surface area is 182 Å². The van der Waals surface area contributed by atoms with Crippen molar-refractivity contribution < 1.29 is 21.9 Å². The molecule has 1 saturated heterocycles. The fourth-order valence-corrected chi connectivity index (χ4v) is 4.74. The molecule has 166 valence electrons. The number of hydrogen-bond donors (Lipinski definition) is 1. The number of sulfonamides is 1. The van der Waals surface area contributed by atoms with Crippen molar-refractivity contribution in [3.05, 3.63) is 54.1 Å². The zero-order valence-electron chi connectivity index (χ0n) is 16.8. The summed E-state index contributed by atoms with van der Waals surface area (Å²) in [6, 6.07) is 12.3. The Kier molecular flexibility index (Phi) is 8.88. The summed E-state index contributed by atoms with van der Waals surface area (Å²) in [6.07, 6.45) is 3.45. The molecule has 1 aliphatic heterocycles. The van der Waals surface area contributed by atoms with Crippen LogP contribution >= 0.6 is 12.4 Å². The Balaban J connectivity index is 0.00000320. The number of halogens is 3. The van der Waals surface area contributed by atoms with Crippen LogP contribution in [0.5, 0.6) is 5.75 Å². The van der Waals surface area contributed by atoms with Gasteiger partial charge in [-0.15, -0.1) is 12.4 Å². The number of piperidine rings is 1. The molecule has 0 spiro atoms. The van der Waals surface area contributed by atoms with Gasteiger partial charge in [0.2, 0.25) is 0 Å². The van der Waals surface area contributed by atoms with Gasteiger partial charge in [-0.1, -0.05) is 19.1 Å². The predicted molar refractivity (Wildman–Crippen MR) is 116 cm³/mol. The average molecular weight is 461 g/mol. The molecule has 0 amide bonds. The summed E-state index contributed by atoms with van der Waals surface area (Å²) >= 11 is 0. The first-order valence-electron chi connectivity index (χ1n) is 9.77. The van der Waals surface area contributed by atoms with Crippen molar-refractivity contribution in [2.75, 3.05) is 24.4 Å². The largest absolute Gasteiger partial charge is 0.435 e. The molecule has 0 radical (unpaired) electrons. The lowest BCUT2D eigenvalue weighted by Gasteiger charge is -2.32. The first kappa shape index (κ1) is 24.4. The Morgan fingerprint density at radius 3 is 2.40 bits per heavy atom. The van der Waals surface area contributed by atoms with E-state index in [0.717, 1.165) is 32.5 Å². The van der Waals surface area contributed by atoms with Crippen molar-refractivity contribution in [1.82, 2.24) is 4.90 Å². The van der Waals surface area contributed by atoms with Gasteiger partial charge in [0.05, 0.1) is 4.90 Å². The molecule has 1 N–H and O–H groups in total. The second-order valence-corrected chi connectivity index (χ2v) is 8.90. The van der Waals surface area contributed by atoms with Crippen LogP contribution in [0.2, 0.25) is 0 Å². The fraction of sp³-hybridized carbons (Fsp3) is 0.429. The molecule has 30 heavy (non-hydrogen) atoms. The van der Waals surface area contributed by atoms with Gasteiger partial charge >= 0.3 is 6.61 Å². The zero-order valence-corrected chi connectivity index (χ0v) is 18.4. The molecule has 1 fully saturated rings. The van der Waals surface area contributed by atoms with Crippen molar-refractivity contribution in [3.63, 3.8) is 0 Å². The van der Waals surface area contributed by atoms with E-state index < -0.39 is 16.6 Å². The van der Waals surface area contributed by atoms with E-state index in [1.807, 2.05) is 12.1 Å². The van der Waals surface area contributed by atoms with Crippen LogP contribution in [0.25, 0.3) is 0 Å². The topological polar surface area (TPSA) is 58.6 Å². The van der Waals surface area contributed by atoms with Gasteiger partial charge in [-0.3, -0.25) is 4.72 Å². The van der Waals surface area contributed by atoms with Gasteiger partial charge in [-0.05, 0) is 80.2 Å². The molecule has 2 aromatic rings. The maximum Gasteiger partial charge on any atom is 0.387 e. The van der Waals surface area contributed by atoms with E-state index in [1.54, 1.807) is 12.1 Å². The van der Waals surface area contributed by atoms with Gasteiger partial charge in [0.25, 0.3) is 10.0 Å². The molecule has 9 heteroatoms. The number of benzene rings is 2. The standard InChI is InChI=1S/C21H26F2N2O3S.ClH/c1-2-13-25-14-3-4-17(15-25)16-5-7-18(8-6-16)24-29(26,27)20-11-9-19(10-12-20)28-21(22)23;/h5-12,17,21,24H,2-4,13-15H2,1H3;1H. The molecule has 1 heterocycles. The third kappa shape index (κ3) is 6.55. The number of nitrogens with zero attached hydrogens (tertiary/aromatic N) is 1. The molecule has 1 atom stereocenters. The first-order chi connectivity index (χ1) is 13.9. The number of rotatable bonds is 8. The second-order valence-electron chi connectivity index (χ2n) is 7.22. The van der Waals surface area contributed by atoms with E-state index in [9.17, 15) is 17.2 Å². The van der Waals surface area contributed by atoms with Crippen LogP contribution in [0.4, 0.5) is 14.5 Å². The Bertz CT molecular complexity index is 891. The molecule has 1 aliphatic rings. The molecule has 2 aromatic carbocycles. The van der Waals surface area contributed by atoms with Crippen LogP contribution in [-0.4, -0.2) is 39.6 Å². The van der Waals surface area contributed by atoms with Crippen molar-refractivity contribution in [2.24, 2.45) is 0 Å². The van der Waals surface area contributed by atoms with Crippen LogP contribution in [0.1, 0.15) is 37.7 Å². The maximum atomic E-state index is 12.5. The lowest BCUT2D eigenvalue weighted by Crippen LogP contribution is -2.34. The van der Waals surface area contributed by atoms with E-state index in [1.165, 1.54) is 36.2 Å². The minimum Gasteiger partial charge on any atom is -0.435 e. The molecule has 0 bridgehead atoms. The summed E-state index contributed by atoms with van der Waals surface area (Å²) < 4.78 is 56.3. The Morgan fingerprint density at radius 2 is 1.80 bits per heavy atom. The van der Waals surface area contributed by atoms with E-state index in [4.69, 9.17) is 0 Å². The summed E-state index contributed by atoms with van der Waals surface area (Å²) in [5.41, 5.74) is 1.67. The normalized spacial score (nSPS) is 17.4. The van der Waals surface area contributed by atoms with E-state index in [2.05, 4.69) is 21.3 Å². The zero-order chi connectivity index (χ0) is 20.9. The van der Waals surface area contributed by atoms with Crippen molar-refractivity contribution >= 4 is 28.1 Å². The molecule has 0 saturated carbocycles. The van der Waals surface area contributed by atoms with Gasteiger partial charge in [-0.25, -0.2) is 8.42 Å². The summed E-state index contributed by atoms with van der Waals surface area (Å²) in [7, 11) is -3.81. The molecule has 0 aliphatic carbocycles. The molecule has 3 rings (SSSR count). The van der Waals surface area contributed by atoms with Crippen LogP contribution in [0.15, 0.2) is 53.4 Å². The summed E-state index contributed by atoms with van der Waals surface area (Å²) in [6.45, 7) is 2.52. The predicted octanol–water partition coefficient (Wildman–Crippen LogP) is 5.10. The van der Waals surface area contributed by atoms with Crippen LogP contribution in [-0.2, 0) is 10.0 Å². The third-order valence-corrected chi connectivity index (χ3v) is 6.44. The number of hydrogen-bond acceptors (Lipinski definition) is 4. The smallest absolute Gasteiger partial charge is 0.387 e. The highest BCUT2D eigenvalue weighted by Crippen LogP contribution is 2.28. The SMILES string of the molecule is CCCN1CCCC(c2ccc(NS(=O)(=O)c3ccc(OC(F)F)cc3)cc2)C1.Cl.